The van der Waals surface area contributed by atoms with Gasteiger partial charge in [0.2, 0.25) is 0 Å². The Labute approximate surface area is 103 Å². The molecule has 0 aromatic heterocycles. The van der Waals surface area contributed by atoms with Crippen molar-refractivity contribution in [3.8, 4) is 0 Å². The Morgan fingerprint density at radius 3 is 1.89 bits per heavy atom. The van der Waals surface area contributed by atoms with Gasteiger partial charge in [-0.3, -0.25) is 0 Å². The third-order valence-corrected chi connectivity index (χ3v) is 5.07. The van der Waals surface area contributed by atoms with E-state index < -0.39 is 43.7 Å². The van der Waals surface area contributed by atoms with E-state index in [1.54, 1.807) is 0 Å². The van der Waals surface area contributed by atoms with Crippen molar-refractivity contribution in [3.05, 3.63) is 35.1 Å². The molecule has 0 saturated heterocycles. The van der Waals surface area contributed by atoms with Crippen LogP contribution in [0.5, 0.6) is 0 Å². The number of hydrogen-bond donors (Lipinski definition) is 1. The molecule has 0 bridgehead atoms. The normalized spacial score (nSPS) is 14.6. The van der Waals surface area contributed by atoms with Gasteiger partial charge in [-0.05, 0) is 13.8 Å². The van der Waals surface area contributed by atoms with E-state index in [0.717, 1.165) is 20.1 Å². The molecule has 0 aliphatic rings. The standard InChI is InChI=1S/C11H13F3O3S/c1-11(2,18(3,16)17)10(15)9-7(13)4-6(12)5-8(9)14/h4-5,10,15H,1-3H3. The lowest BCUT2D eigenvalue weighted by Crippen LogP contribution is -2.38. The molecule has 0 aliphatic heterocycles. The molecule has 1 N–H and O–H groups in total. The van der Waals surface area contributed by atoms with Gasteiger partial charge in [-0.25, -0.2) is 21.6 Å². The molecule has 18 heavy (non-hydrogen) atoms. The Morgan fingerprint density at radius 2 is 1.56 bits per heavy atom. The van der Waals surface area contributed by atoms with Gasteiger partial charge in [0.15, 0.2) is 9.84 Å². The summed E-state index contributed by atoms with van der Waals surface area (Å²) in [5, 5.41) is 9.85. The molecule has 0 saturated carbocycles. The molecule has 0 amide bonds. The minimum Gasteiger partial charge on any atom is -0.387 e. The Hall–Kier alpha value is -1.08. The second-order valence-electron chi connectivity index (χ2n) is 4.56. The van der Waals surface area contributed by atoms with Gasteiger partial charge in [-0.2, -0.15) is 0 Å². The van der Waals surface area contributed by atoms with Gasteiger partial charge in [0.25, 0.3) is 0 Å². The summed E-state index contributed by atoms with van der Waals surface area (Å²) in [6.07, 6.45) is -1.09. The van der Waals surface area contributed by atoms with E-state index in [0.29, 0.717) is 12.1 Å². The van der Waals surface area contributed by atoms with Crippen LogP contribution in [-0.4, -0.2) is 24.5 Å². The maximum absolute atomic E-state index is 13.4. The molecule has 102 valence electrons. The summed E-state index contributed by atoms with van der Waals surface area (Å²) in [4.78, 5) is 0. The molecule has 7 heteroatoms. The smallest absolute Gasteiger partial charge is 0.155 e. The van der Waals surface area contributed by atoms with E-state index >= 15 is 0 Å². The topological polar surface area (TPSA) is 54.4 Å². The molecular weight excluding hydrogens is 269 g/mol. The number of aliphatic hydroxyl groups is 1. The fraction of sp³-hybridized carbons (Fsp3) is 0.455. The fourth-order valence-electron chi connectivity index (χ4n) is 1.36. The van der Waals surface area contributed by atoms with Gasteiger partial charge >= 0.3 is 0 Å². The maximum Gasteiger partial charge on any atom is 0.155 e. The highest BCUT2D eigenvalue weighted by atomic mass is 32.2. The van der Waals surface area contributed by atoms with Crippen molar-refractivity contribution in [2.24, 2.45) is 0 Å². The van der Waals surface area contributed by atoms with Gasteiger partial charge in [-0.1, -0.05) is 0 Å². The molecule has 3 nitrogen and oxygen atoms in total. The van der Waals surface area contributed by atoms with Crippen LogP contribution in [0.2, 0.25) is 0 Å². The largest absolute Gasteiger partial charge is 0.387 e. The first kappa shape index (κ1) is 15.0. The number of sulfone groups is 1. The summed E-state index contributed by atoms with van der Waals surface area (Å²) in [5.74, 6) is -3.79. The van der Waals surface area contributed by atoms with E-state index in [1.807, 2.05) is 0 Å². The molecule has 0 radical (unpaired) electrons. The van der Waals surface area contributed by atoms with Crippen LogP contribution >= 0.6 is 0 Å². The first-order chi connectivity index (χ1) is 7.98. The summed E-state index contributed by atoms with van der Waals surface area (Å²) in [7, 11) is -3.77. The van der Waals surface area contributed by atoms with Crippen molar-refractivity contribution in [1.29, 1.82) is 0 Å². The maximum atomic E-state index is 13.4. The Balaban J connectivity index is 3.41. The minimum absolute atomic E-state index is 0.389. The molecule has 1 rings (SSSR count). The highest BCUT2D eigenvalue weighted by molar-refractivity contribution is 7.92. The Kier molecular flexibility index (Phi) is 3.78. The lowest BCUT2D eigenvalue weighted by molar-refractivity contribution is 0.130. The van der Waals surface area contributed by atoms with Gasteiger partial charge in [0.1, 0.15) is 23.6 Å². The molecule has 1 atom stereocenters. The molecular formula is C11H13F3O3S. The Morgan fingerprint density at radius 1 is 1.17 bits per heavy atom. The van der Waals surface area contributed by atoms with E-state index in [9.17, 15) is 26.7 Å². The van der Waals surface area contributed by atoms with Crippen LogP contribution in [0.4, 0.5) is 13.2 Å². The zero-order valence-electron chi connectivity index (χ0n) is 10.0. The Bertz CT molecular complexity index is 544. The molecule has 0 aliphatic carbocycles. The summed E-state index contributed by atoms with van der Waals surface area (Å²) in [6, 6.07) is 0.778. The second kappa shape index (κ2) is 4.55. The average Bonchev–Trinajstić information content (AvgIpc) is 2.13. The fourth-order valence-corrected chi connectivity index (χ4v) is 1.89. The molecule has 1 unspecified atom stereocenters. The van der Waals surface area contributed by atoms with Crippen LogP contribution in [-0.2, 0) is 9.84 Å². The zero-order valence-corrected chi connectivity index (χ0v) is 10.9. The van der Waals surface area contributed by atoms with Crippen LogP contribution in [0.15, 0.2) is 12.1 Å². The number of rotatable bonds is 3. The summed E-state index contributed by atoms with van der Waals surface area (Å²) >= 11 is 0. The van der Waals surface area contributed by atoms with Crippen molar-refractivity contribution >= 4 is 9.84 Å². The van der Waals surface area contributed by atoms with Crippen LogP contribution in [0.3, 0.4) is 0 Å². The predicted octanol–water partition coefficient (Wildman–Crippen LogP) is 1.96. The lowest BCUT2D eigenvalue weighted by atomic mass is 9.97. The van der Waals surface area contributed by atoms with Crippen molar-refractivity contribution in [3.63, 3.8) is 0 Å². The van der Waals surface area contributed by atoms with Gasteiger partial charge in [-0.15, -0.1) is 0 Å². The number of aliphatic hydroxyl groups excluding tert-OH is 1. The highest BCUT2D eigenvalue weighted by Gasteiger charge is 2.41. The van der Waals surface area contributed by atoms with Crippen LogP contribution in [0, 0.1) is 17.5 Å². The van der Waals surface area contributed by atoms with Crippen LogP contribution in [0.1, 0.15) is 25.5 Å². The first-order valence-electron chi connectivity index (χ1n) is 5.00. The zero-order chi connectivity index (χ0) is 14.3. The van der Waals surface area contributed by atoms with Crippen LogP contribution in [0.25, 0.3) is 0 Å². The third-order valence-electron chi connectivity index (χ3n) is 2.93. The minimum atomic E-state index is -3.77. The number of halogens is 3. The predicted molar refractivity (Wildman–Crippen MR) is 60.2 cm³/mol. The number of benzene rings is 1. The van der Waals surface area contributed by atoms with Crippen molar-refractivity contribution in [2.75, 3.05) is 6.26 Å². The second-order valence-corrected chi connectivity index (χ2v) is 7.16. The van der Waals surface area contributed by atoms with Gasteiger partial charge < -0.3 is 5.11 Å². The van der Waals surface area contributed by atoms with Crippen molar-refractivity contribution in [2.45, 2.75) is 24.7 Å². The van der Waals surface area contributed by atoms with E-state index in [4.69, 9.17) is 0 Å². The molecule has 1 aromatic rings. The van der Waals surface area contributed by atoms with E-state index in [-0.39, 0.29) is 0 Å². The number of hydrogen-bond acceptors (Lipinski definition) is 3. The average molecular weight is 282 g/mol. The summed E-state index contributed by atoms with van der Waals surface area (Å²) in [6.45, 7) is 2.27. The lowest BCUT2D eigenvalue weighted by Gasteiger charge is -2.29. The van der Waals surface area contributed by atoms with E-state index in [2.05, 4.69) is 0 Å². The monoisotopic (exact) mass is 282 g/mol. The van der Waals surface area contributed by atoms with Crippen molar-refractivity contribution in [1.82, 2.24) is 0 Å². The molecule has 0 spiro atoms. The van der Waals surface area contributed by atoms with Crippen molar-refractivity contribution < 1.29 is 26.7 Å². The van der Waals surface area contributed by atoms with Gasteiger partial charge in [0.05, 0.1) is 10.3 Å². The van der Waals surface area contributed by atoms with Gasteiger partial charge in [0, 0.05) is 18.4 Å². The summed E-state index contributed by atoms with van der Waals surface area (Å²) in [5.41, 5.74) is -0.855. The van der Waals surface area contributed by atoms with Crippen LogP contribution < -0.4 is 0 Å². The van der Waals surface area contributed by atoms with E-state index in [1.165, 1.54) is 0 Å². The SMILES string of the molecule is CC(C)(C(O)c1c(F)cc(F)cc1F)S(C)(=O)=O. The molecule has 0 fully saturated rings. The quantitative estimate of drug-likeness (QED) is 0.922. The molecule has 0 heterocycles. The highest BCUT2D eigenvalue weighted by Crippen LogP contribution is 2.35. The first-order valence-corrected chi connectivity index (χ1v) is 6.89. The molecule has 1 aromatic carbocycles. The third kappa shape index (κ3) is 2.51. The summed E-state index contributed by atoms with van der Waals surface area (Å²) < 4.78 is 60.8.